The fourth-order valence-corrected chi connectivity index (χ4v) is 1.79. The van der Waals surface area contributed by atoms with E-state index >= 15 is 0 Å². The van der Waals surface area contributed by atoms with E-state index in [4.69, 9.17) is 5.73 Å². The fourth-order valence-electron chi connectivity index (χ4n) is 1.43. The van der Waals surface area contributed by atoms with E-state index in [0.717, 1.165) is 0 Å². The van der Waals surface area contributed by atoms with Gasteiger partial charge in [0, 0.05) is 4.47 Å². The van der Waals surface area contributed by atoms with Crippen LogP contribution in [0.1, 0.15) is 20.3 Å². The second-order valence-corrected chi connectivity index (χ2v) is 5.27. The van der Waals surface area contributed by atoms with Crippen molar-refractivity contribution in [1.82, 2.24) is 0 Å². The van der Waals surface area contributed by atoms with E-state index in [2.05, 4.69) is 21.2 Å². The summed E-state index contributed by atoms with van der Waals surface area (Å²) in [5, 5.41) is 2.49. The maximum absolute atomic E-state index is 13.4. The molecule has 0 heterocycles. The average molecular weight is 303 g/mol. The van der Waals surface area contributed by atoms with Gasteiger partial charge in [0.1, 0.15) is 5.82 Å². The first-order chi connectivity index (χ1) is 7.90. The Morgan fingerprint density at radius 3 is 2.76 bits per heavy atom. The molecule has 0 radical (unpaired) electrons. The minimum absolute atomic E-state index is 0.142. The number of nitrogens with one attached hydrogen (secondary N) is 1. The van der Waals surface area contributed by atoms with Gasteiger partial charge in [0.2, 0.25) is 5.91 Å². The number of benzene rings is 1. The fraction of sp³-hybridized carbons (Fsp3) is 0.417. The number of halogens is 2. The third-order valence-electron chi connectivity index (χ3n) is 2.25. The normalized spacial score (nSPS) is 12.6. The van der Waals surface area contributed by atoms with E-state index in [1.807, 2.05) is 13.8 Å². The van der Waals surface area contributed by atoms with Gasteiger partial charge >= 0.3 is 0 Å². The Labute approximate surface area is 109 Å². The first-order valence-electron chi connectivity index (χ1n) is 5.41. The number of hydrogen-bond donors (Lipinski definition) is 2. The quantitative estimate of drug-likeness (QED) is 0.898. The Hall–Kier alpha value is -0.940. The molecule has 0 fully saturated rings. The zero-order chi connectivity index (χ0) is 13.0. The number of rotatable bonds is 4. The van der Waals surface area contributed by atoms with E-state index in [1.165, 1.54) is 12.1 Å². The third-order valence-corrected chi connectivity index (χ3v) is 2.74. The van der Waals surface area contributed by atoms with Gasteiger partial charge in [0.15, 0.2) is 0 Å². The SMILES string of the molecule is CC(C)C[C@@H](N)C(=O)Nc1cc(Br)ccc1F. The van der Waals surface area contributed by atoms with Crippen molar-refractivity contribution in [2.24, 2.45) is 11.7 Å². The average Bonchev–Trinajstić information content (AvgIpc) is 2.22. The molecule has 17 heavy (non-hydrogen) atoms. The lowest BCUT2D eigenvalue weighted by Gasteiger charge is -2.14. The van der Waals surface area contributed by atoms with Crippen LogP contribution < -0.4 is 11.1 Å². The van der Waals surface area contributed by atoms with Crippen LogP contribution in [0.4, 0.5) is 10.1 Å². The third kappa shape index (κ3) is 4.44. The standard InChI is InChI=1S/C12H16BrFN2O/c1-7(2)5-10(15)12(17)16-11-6-8(13)3-4-9(11)14/h3-4,6-7,10H,5,15H2,1-2H3,(H,16,17)/t10-/m1/s1. The molecule has 5 heteroatoms. The molecule has 0 aliphatic carbocycles. The Bertz CT molecular complexity index is 409. The minimum atomic E-state index is -0.617. The van der Waals surface area contributed by atoms with Gasteiger partial charge in [-0.15, -0.1) is 0 Å². The van der Waals surface area contributed by atoms with Crippen LogP contribution in [0.5, 0.6) is 0 Å². The molecule has 1 rings (SSSR count). The summed E-state index contributed by atoms with van der Waals surface area (Å²) in [6.07, 6.45) is 0.571. The molecule has 0 spiro atoms. The summed E-state index contributed by atoms with van der Waals surface area (Å²) in [6, 6.07) is 3.75. The highest BCUT2D eigenvalue weighted by Gasteiger charge is 2.16. The molecule has 0 unspecified atom stereocenters. The lowest BCUT2D eigenvalue weighted by molar-refractivity contribution is -0.117. The van der Waals surface area contributed by atoms with E-state index in [-0.39, 0.29) is 11.6 Å². The first kappa shape index (κ1) is 14.1. The molecule has 0 bridgehead atoms. The number of amides is 1. The smallest absolute Gasteiger partial charge is 0.241 e. The highest BCUT2D eigenvalue weighted by atomic mass is 79.9. The highest BCUT2D eigenvalue weighted by Crippen LogP contribution is 2.20. The summed E-state index contributed by atoms with van der Waals surface area (Å²) in [7, 11) is 0. The molecule has 1 atom stereocenters. The van der Waals surface area contributed by atoms with Crippen LogP contribution in [0.15, 0.2) is 22.7 Å². The molecule has 0 aliphatic heterocycles. The summed E-state index contributed by atoms with van der Waals surface area (Å²) >= 11 is 3.21. The predicted octanol–water partition coefficient (Wildman–Crippen LogP) is 2.90. The minimum Gasteiger partial charge on any atom is -0.322 e. The van der Waals surface area contributed by atoms with Gasteiger partial charge in [-0.2, -0.15) is 0 Å². The molecule has 0 aliphatic rings. The highest BCUT2D eigenvalue weighted by molar-refractivity contribution is 9.10. The Morgan fingerprint density at radius 2 is 2.18 bits per heavy atom. The van der Waals surface area contributed by atoms with Gasteiger partial charge in [-0.3, -0.25) is 4.79 Å². The summed E-state index contributed by atoms with van der Waals surface area (Å²) in [5.41, 5.74) is 5.85. The molecule has 3 nitrogen and oxygen atoms in total. The van der Waals surface area contributed by atoms with Crippen LogP contribution in [0.3, 0.4) is 0 Å². The van der Waals surface area contributed by atoms with E-state index in [1.54, 1.807) is 6.07 Å². The van der Waals surface area contributed by atoms with Crippen molar-refractivity contribution in [2.75, 3.05) is 5.32 Å². The van der Waals surface area contributed by atoms with Crippen LogP contribution in [0, 0.1) is 11.7 Å². The largest absolute Gasteiger partial charge is 0.322 e. The van der Waals surface area contributed by atoms with Gasteiger partial charge < -0.3 is 11.1 Å². The lowest BCUT2D eigenvalue weighted by Crippen LogP contribution is -2.36. The van der Waals surface area contributed by atoms with Crippen molar-refractivity contribution in [3.63, 3.8) is 0 Å². The summed E-state index contributed by atoms with van der Waals surface area (Å²) in [4.78, 5) is 11.7. The number of carbonyl (C=O) groups excluding carboxylic acids is 1. The second kappa shape index (κ2) is 6.12. The molecular formula is C12H16BrFN2O. The van der Waals surface area contributed by atoms with Crippen molar-refractivity contribution in [3.05, 3.63) is 28.5 Å². The molecule has 1 aromatic carbocycles. The van der Waals surface area contributed by atoms with Crippen molar-refractivity contribution in [2.45, 2.75) is 26.3 Å². The van der Waals surface area contributed by atoms with Gasteiger partial charge in [-0.25, -0.2) is 4.39 Å². The zero-order valence-electron chi connectivity index (χ0n) is 9.84. The van der Waals surface area contributed by atoms with Crippen molar-refractivity contribution in [3.8, 4) is 0 Å². The Balaban J connectivity index is 2.70. The topological polar surface area (TPSA) is 55.1 Å². The maximum atomic E-state index is 13.4. The van der Waals surface area contributed by atoms with Gasteiger partial charge in [0.05, 0.1) is 11.7 Å². The molecule has 94 valence electrons. The predicted molar refractivity (Wildman–Crippen MR) is 70.2 cm³/mol. The van der Waals surface area contributed by atoms with Crippen LogP contribution in [0.2, 0.25) is 0 Å². The molecule has 0 aromatic heterocycles. The van der Waals surface area contributed by atoms with Crippen molar-refractivity contribution >= 4 is 27.5 Å². The Kier molecular flexibility index (Phi) is 5.08. The van der Waals surface area contributed by atoms with Crippen LogP contribution in [-0.4, -0.2) is 11.9 Å². The van der Waals surface area contributed by atoms with Gasteiger partial charge in [0.25, 0.3) is 0 Å². The molecule has 0 saturated heterocycles. The molecule has 1 amide bonds. The van der Waals surface area contributed by atoms with E-state index in [0.29, 0.717) is 16.8 Å². The molecule has 3 N–H and O–H groups in total. The summed E-state index contributed by atoms with van der Waals surface area (Å²) in [6.45, 7) is 3.96. The molecular weight excluding hydrogens is 287 g/mol. The van der Waals surface area contributed by atoms with E-state index < -0.39 is 11.9 Å². The van der Waals surface area contributed by atoms with Crippen LogP contribution in [0.25, 0.3) is 0 Å². The molecule has 0 saturated carbocycles. The Morgan fingerprint density at radius 1 is 1.53 bits per heavy atom. The molecule has 1 aromatic rings. The van der Waals surface area contributed by atoms with E-state index in [9.17, 15) is 9.18 Å². The maximum Gasteiger partial charge on any atom is 0.241 e. The number of hydrogen-bond acceptors (Lipinski definition) is 2. The summed E-state index contributed by atoms with van der Waals surface area (Å²) in [5.74, 6) is -0.517. The second-order valence-electron chi connectivity index (χ2n) is 4.35. The number of nitrogens with two attached hydrogens (primary N) is 1. The van der Waals surface area contributed by atoms with Crippen molar-refractivity contribution in [1.29, 1.82) is 0 Å². The van der Waals surface area contributed by atoms with Crippen LogP contribution in [-0.2, 0) is 4.79 Å². The zero-order valence-corrected chi connectivity index (χ0v) is 11.4. The van der Waals surface area contributed by atoms with Crippen LogP contribution >= 0.6 is 15.9 Å². The van der Waals surface area contributed by atoms with Crippen molar-refractivity contribution < 1.29 is 9.18 Å². The number of carbonyl (C=O) groups is 1. The monoisotopic (exact) mass is 302 g/mol. The first-order valence-corrected chi connectivity index (χ1v) is 6.21. The van der Waals surface area contributed by atoms with Gasteiger partial charge in [-0.1, -0.05) is 29.8 Å². The van der Waals surface area contributed by atoms with Gasteiger partial charge in [-0.05, 0) is 30.5 Å². The number of anilines is 1. The lowest BCUT2D eigenvalue weighted by atomic mass is 10.0. The summed E-state index contributed by atoms with van der Waals surface area (Å²) < 4.78 is 14.1.